The van der Waals surface area contributed by atoms with Crippen molar-refractivity contribution < 1.29 is 4.39 Å². The van der Waals surface area contributed by atoms with E-state index in [1.54, 1.807) is 6.07 Å². The topological polar surface area (TPSA) is 104 Å². The molecular weight excluding hydrogens is 241 g/mol. The smallest absolute Gasteiger partial charge is 0.196 e. The van der Waals surface area contributed by atoms with Gasteiger partial charge in [-0.1, -0.05) is 0 Å². The molecule has 2 rings (SSSR count). The van der Waals surface area contributed by atoms with Crippen LogP contribution in [-0.4, -0.2) is 9.97 Å². The molecule has 0 fully saturated rings. The van der Waals surface area contributed by atoms with Gasteiger partial charge in [-0.2, -0.15) is 0 Å². The van der Waals surface area contributed by atoms with E-state index in [1.807, 2.05) is 0 Å². The number of benzene rings is 1. The first kappa shape index (κ1) is 11.5. The molecule has 0 aliphatic heterocycles. The number of nitrogens with two attached hydrogens (primary N) is 3. The van der Waals surface area contributed by atoms with Gasteiger partial charge in [0.15, 0.2) is 5.16 Å². The summed E-state index contributed by atoms with van der Waals surface area (Å²) in [6, 6.07) is 5.56. The molecular formula is C10H10FN5S. The van der Waals surface area contributed by atoms with Gasteiger partial charge in [0.05, 0.1) is 0 Å². The summed E-state index contributed by atoms with van der Waals surface area (Å²) in [4.78, 5) is 8.64. The van der Waals surface area contributed by atoms with Crippen LogP contribution in [0.5, 0.6) is 0 Å². The molecule has 0 bridgehead atoms. The van der Waals surface area contributed by atoms with Crippen LogP contribution in [0.3, 0.4) is 0 Å². The van der Waals surface area contributed by atoms with E-state index in [0.29, 0.717) is 15.7 Å². The Hall–Kier alpha value is -2.02. The number of halogens is 1. The van der Waals surface area contributed by atoms with Gasteiger partial charge in [-0.05, 0) is 30.0 Å². The third-order valence-electron chi connectivity index (χ3n) is 1.92. The monoisotopic (exact) mass is 251 g/mol. The third kappa shape index (κ3) is 2.76. The van der Waals surface area contributed by atoms with Crippen molar-refractivity contribution in [2.75, 3.05) is 17.2 Å². The molecule has 17 heavy (non-hydrogen) atoms. The van der Waals surface area contributed by atoms with Gasteiger partial charge in [-0.15, -0.1) is 0 Å². The first-order valence-corrected chi connectivity index (χ1v) is 5.49. The van der Waals surface area contributed by atoms with E-state index in [9.17, 15) is 4.39 Å². The Balaban J connectivity index is 2.31. The summed E-state index contributed by atoms with van der Waals surface area (Å²) in [6.45, 7) is 0. The van der Waals surface area contributed by atoms with Gasteiger partial charge in [-0.3, -0.25) is 0 Å². The molecule has 1 aromatic heterocycles. The summed E-state index contributed by atoms with van der Waals surface area (Å²) in [7, 11) is 0. The summed E-state index contributed by atoms with van der Waals surface area (Å²) in [6.07, 6.45) is 0. The summed E-state index contributed by atoms with van der Waals surface area (Å²) >= 11 is 1.18. The lowest BCUT2D eigenvalue weighted by atomic mass is 10.3. The lowest BCUT2D eigenvalue weighted by Crippen LogP contribution is -1.99. The Morgan fingerprint density at radius 3 is 2.24 bits per heavy atom. The molecule has 0 spiro atoms. The molecule has 0 aliphatic carbocycles. The SMILES string of the molecule is Nc1cc(N)nc(Sc2ccc(F)cc2N)n1. The lowest BCUT2D eigenvalue weighted by Gasteiger charge is -2.05. The molecule has 88 valence electrons. The van der Waals surface area contributed by atoms with E-state index in [-0.39, 0.29) is 17.5 Å². The number of nitrogen functional groups attached to an aromatic ring is 3. The second kappa shape index (κ2) is 4.46. The highest BCUT2D eigenvalue weighted by Gasteiger charge is 2.07. The Bertz CT molecular complexity index is 540. The van der Waals surface area contributed by atoms with E-state index in [1.165, 1.54) is 30.0 Å². The Labute approximate surface area is 101 Å². The van der Waals surface area contributed by atoms with Gasteiger partial charge in [0.2, 0.25) is 0 Å². The molecule has 5 nitrogen and oxygen atoms in total. The predicted octanol–water partition coefficient (Wildman–Crippen LogP) is 1.51. The van der Waals surface area contributed by atoms with Crippen LogP contribution in [0.4, 0.5) is 21.7 Å². The number of aromatic nitrogens is 2. The highest BCUT2D eigenvalue weighted by Crippen LogP contribution is 2.30. The minimum absolute atomic E-state index is 0.278. The van der Waals surface area contributed by atoms with Crippen molar-refractivity contribution in [2.24, 2.45) is 0 Å². The summed E-state index contributed by atoms with van der Waals surface area (Å²) in [5, 5.41) is 0.376. The maximum Gasteiger partial charge on any atom is 0.196 e. The van der Waals surface area contributed by atoms with E-state index in [2.05, 4.69) is 9.97 Å². The van der Waals surface area contributed by atoms with Gasteiger partial charge in [0.25, 0.3) is 0 Å². The van der Waals surface area contributed by atoms with Crippen LogP contribution in [0.2, 0.25) is 0 Å². The van der Waals surface area contributed by atoms with Crippen molar-refractivity contribution >= 4 is 29.1 Å². The third-order valence-corrected chi connectivity index (χ3v) is 2.88. The summed E-state index contributed by atoms with van der Waals surface area (Å²) in [5.41, 5.74) is 17.1. The average Bonchev–Trinajstić information content (AvgIpc) is 2.21. The highest BCUT2D eigenvalue weighted by molar-refractivity contribution is 7.99. The normalized spacial score (nSPS) is 10.4. The maximum atomic E-state index is 12.9. The van der Waals surface area contributed by atoms with E-state index >= 15 is 0 Å². The van der Waals surface area contributed by atoms with E-state index in [0.717, 1.165) is 0 Å². The number of hydrogen-bond donors (Lipinski definition) is 3. The molecule has 2 aromatic rings. The summed E-state index contributed by atoms with van der Waals surface area (Å²) < 4.78 is 12.9. The van der Waals surface area contributed by atoms with Gasteiger partial charge in [0, 0.05) is 16.6 Å². The van der Waals surface area contributed by atoms with Crippen LogP contribution in [0, 0.1) is 5.82 Å². The van der Waals surface area contributed by atoms with Gasteiger partial charge >= 0.3 is 0 Å². The first-order chi connectivity index (χ1) is 8.04. The molecule has 0 saturated carbocycles. The quantitative estimate of drug-likeness (QED) is 0.552. The fourth-order valence-corrected chi connectivity index (χ4v) is 2.03. The van der Waals surface area contributed by atoms with Crippen LogP contribution in [0.25, 0.3) is 0 Å². The molecule has 0 aliphatic rings. The van der Waals surface area contributed by atoms with Crippen LogP contribution in [0.15, 0.2) is 34.3 Å². The minimum Gasteiger partial charge on any atom is -0.398 e. The van der Waals surface area contributed by atoms with Crippen molar-refractivity contribution in [3.8, 4) is 0 Å². The highest BCUT2D eigenvalue weighted by atomic mass is 32.2. The molecule has 0 radical (unpaired) electrons. The Morgan fingerprint density at radius 1 is 1.00 bits per heavy atom. The Kier molecular flexibility index (Phi) is 3.01. The maximum absolute atomic E-state index is 12.9. The molecule has 0 saturated heterocycles. The minimum atomic E-state index is -0.389. The van der Waals surface area contributed by atoms with Crippen molar-refractivity contribution in [1.29, 1.82) is 0 Å². The van der Waals surface area contributed by atoms with Crippen LogP contribution < -0.4 is 17.2 Å². The average molecular weight is 251 g/mol. The largest absolute Gasteiger partial charge is 0.398 e. The molecule has 0 amide bonds. The fourth-order valence-electron chi connectivity index (χ4n) is 1.22. The zero-order valence-corrected chi connectivity index (χ0v) is 9.54. The lowest BCUT2D eigenvalue weighted by molar-refractivity contribution is 0.627. The van der Waals surface area contributed by atoms with Crippen molar-refractivity contribution in [2.45, 2.75) is 10.1 Å². The fraction of sp³-hybridized carbons (Fsp3) is 0. The van der Waals surface area contributed by atoms with Gasteiger partial charge in [-0.25, -0.2) is 14.4 Å². The Morgan fingerprint density at radius 2 is 1.65 bits per heavy atom. The number of anilines is 3. The number of hydrogen-bond acceptors (Lipinski definition) is 6. The molecule has 1 aromatic carbocycles. The van der Waals surface area contributed by atoms with Crippen LogP contribution in [-0.2, 0) is 0 Å². The molecule has 0 atom stereocenters. The van der Waals surface area contributed by atoms with Crippen molar-refractivity contribution in [3.63, 3.8) is 0 Å². The van der Waals surface area contributed by atoms with Crippen molar-refractivity contribution in [1.82, 2.24) is 9.97 Å². The number of nitrogens with zero attached hydrogens (tertiary/aromatic N) is 2. The predicted molar refractivity (Wildman–Crippen MR) is 65.8 cm³/mol. The standard InChI is InChI=1S/C10H10FN5S/c11-5-1-2-7(6(12)3-5)17-10-15-8(13)4-9(14)16-10/h1-4H,12H2,(H4,13,14,15,16). The molecule has 1 heterocycles. The molecule has 0 unspecified atom stereocenters. The summed E-state index contributed by atoms with van der Waals surface area (Å²) in [5.74, 6) is 0.168. The number of rotatable bonds is 2. The van der Waals surface area contributed by atoms with Crippen LogP contribution >= 0.6 is 11.8 Å². The van der Waals surface area contributed by atoms with E-state index < -0.39 is 0 Å². The van der Waals surface area contributed by atoms with Crippen LogP contribution in [0.1, 0.15) is 0 Å². The van der Waals surface area contributed by atoms with E-state index in [4.69, 9.17) is 17.2 Å². The zero-order valence-electron chi connectivity index (χ0n) is 8.72. The zero-order chi connectivity index (χ0) is 12.4. The second-order valence-corrected chi connectivity index (χ2v) is 4.29. The first-order valence-electron chi connectivity index (χ1n) is 4.67. The van der Waals surface area contributed by atoms with Gasteiger partial charge in [0.1, 0.15) is 17.5 Å². The molecule has 7 heteroatoms. The van der Waals surface area contributed by atoms with Crippen molar-refractivity contribution in [3.05, 3.63) is 30.1 Å². The second-order valence-electron chi connectivity index (χ2n) is 3.28. The molecule has 6 N–H and O–H groups in total. The van der Waals surface area contributed by atoms with Gasteiger partial charge < -0.3 is 17.2 Å².